The van der Waals surface area contributed by atoms with Gasteiger partial charge >= 0.3 is 5.97 Å². The predicted molar refractivity (Wildman–Crippen MR) is 88.8 cm³/mol. The molecule has 0 saturated heterocycles. The lowest BCUT2D eigenvalue weighted by atomic mass is 9.84. The van der Waals surface area contributed by atoms with Gasteiger partial charge in [0.25, 0.3) is 5.91 Å². The van der Waals surface area contributed by atoms with Crippen molar-refractivity contribution in [2.45, 2.75) is 31.8 Å². The van der Waals surface area contributed by atoms with Crippen molar-refractivity contribution < 1.29 is 14.7 Å². The highest BCUT2D eigenvalue weighted by atomic mass is 16.4. The van der Waals surface area contributed by atoms with E-state index in [4.69, 9.17) is 0 Å². The van der Waals surface area contributed by atoms with Gasteiger partial charge in [0.05, 0.1) is 18.7 Å². The Labute approximate surface area is 145 Å². The third-order valence-electron chi connectivity index (χ3n) is 5.46. The molecule has 4 rings (SSSR count). The van der Waals surface area contributed by atoms with Gasteiger partial charge in [0, 0.05) is 6.04 Å². The van der Waals surface area contributed by atoms with Gasteiger partial charge < -0.3 is 10.4 Å². The largest absolute Gasteiger partial charge is 0.481 e. The highest BCUT2D eigenvalue weighted by molar-refractivity contribution is 5.92. The molecule has 2 aliphatic rings. The van der Waals surface area contributed by atoms with Gasteiger partial charge in [0.2, 0.25) is 0 Å². The summed E-state index contributed by atoms with van der Waals surface area (Å²) in [4.78, 5) is 24.0. The molecule has 4 atom stereocenters. The summed E-state index contributed by atoms with van der Waals surface area (Å²) >= 11 is 0. The van der Waals surface area contributed by atoms with Gasteiger partial charge in [-0.25, -0.2) is 4.68 Å². The fourth-order valence-corrected chi connectivity index (χ4v) is 4.33. The van der Waals surface area contributed by atoms with Crippen molar-refractivity contribution in [1.29, 1.82) is 0 Å². The molecule has 0 radical (unpaired) electrons. The fourth-order valence-electron chi connectivity index (χ4n) is 4.33. The molecule has 2 fully saturated rings. The van der Waals surface area contributed by atoms with Crippen molar-refractivity contribution in [1.82, 2.24) is 20.3 Å². The number of aliphatic carboxylic acids is 1. The molecule has 25 heavy (non-hydrogen) atoms. The lowest BCUT2D eigenvalue weighted by molar-refractivity contribution is -0.144. The third-order valence-corrected chi connectivity index (χ3v) is 5.46. The number of rotatable bonds is 5. The Morgan fingerprint density at radius 2 is 1.96 bits per heavy atom. The first-order chi connectivity index (χ1) is 12.1. The van der Waals surface area contributed by atoms with Gasteiger partial charge in [-0.15, -0.1) is 5.10 Å². The topological polar surface area (TPSA) is 97.1 Å². The Kier molecular flexibility index (Phi) is 3.99. The number of nitrogens with one attached hydrogen (secondary N) is 1. The molecule has 2 N–H and O–H groups in total. The molecule has 0 spiro atoms. The number of hydrogen-bond donors (Lipinski definition) is 2. The lowest BCUT2D eigenvalue weighted by Gasteiger charge is -2.28. The quantitative estimate of drug-likeness (QED) is 0.861. The van der Waals surface area contributed by atoms with Crippen LogP contribution in [0.1, 0.15) is 35.3 Å². The Bertz CT molecular complexity index is 789. The van der Waals surface area contributed by atoms with Crippen molar-refractivity contribution in [2.24, 2.45) is 17.8 Å². The highest BCUT2D eigenvalue weighted by Crippen LogP contribution is 2.48. The second-order valence-corrected chi connectivity index (χ2v) is 6.98. The van der Waals surface area contributed by atoms with Crippen LogP contribution in [-0.4, -0.2) is 38.0 Å². The maximum atomic E-state index is 12.5. The molecule has 1 aromatic carbocycles. The molecule has 0 aliphatic heterocycles. The van der Waals surface area contributed by atoms with Crippen LogP contribution < -0.4 is 5.32 Å². The molecular weight excluding hydrogens is 320 g/mol. The summed E-state index contributed by atoms with van der Waals surface area (Å²) in [5.41, 5.74) is 1.29. The van der Waals surface area contributed by atoms with Gasteiger partial charge in [0.15, 0.2) is 5.69 Å². The molecule has 2 aliphatic carbocycles. The van der Waals surface area contributed by atoms with Crippen LogP contribution in [-0.2, 0) is 11.3 Å². The number of carbonyl (C=O) groups excluding carboxylic acids is 1. The van der Waals surface area contributed by atoms with Gasteiger partial charge in [-0.2, -0.15) is 0 Å². The molecular formula is C18H20N4O3. The number of carboxylic acid groups (broad SMARTS) is 1. The van der Waals surface area contributed by atoms with E-state index in [0.717, 1.165) is 24.8 Å². The normalized spacial score (nSPS) is 27.4. The van der Waals surface area contributed by atoms with Crippen molar-refractivity contribution in [3.63, 3.8) is 0 Å². The molecule has 0 unspecified atom stereocenters. The van der Waals surface area contributed by atoms with E-state index in [2.05, 4.69) is 15.6 Å². The summed E-state index contributed by atoms with van der Waals surface area (Å²) in [6, 6.07) is 9.49. The van der Waals surface area contributed by atoms with E-state index in [-0.39, 0.29) is 29.5 Å². The number of amides is 1. The van der Waals surface area contributed by atoms with Crippen LogP contribution >= 0.6 is 0 Å². The Balaban J connectivity index is 1.44. The Hall–Kier alpha value is -2.70. The molecule has 2 bridgehead atoms. The first kappa shape index (κ1) is 15.8. The summed E-state index contributed by atoms with van der Waals surface area (Å²) in [7, 11) is 0. The first-order valence-corrected chi connectivity index (χ1v) is 8.59. The second-order valence-electron chi connectivity index (χ2n) is 6.98. The zero-order chi connectivity index (χ0) is 17.4. The zero-order valence-electron chi connectivity index (χ0n) is 13.7. The van der Waals surface area contributed by atoms with E-state index in [1.165, 1.54) is 0 Å². The van der Waals surface area contributed by atoms with E-state index >= 15 is 0 Å². The number of carbonyl (C=O) groups is 2. The minimum absolute atomic E-state index is 0.182. The van der Waals surface area contributed by atoms with Crippen molar-refractivity contribution in [2.75, 3.05) is 0 Å². The SMILES string of the molecule is O=C(N[C@H]1[C@H]2CC[C@@H](C2)[C@H]1C(=O)O)c1cn(Cc2ccccc2)nn1. The number of carboxylic acids is 1. The zero-order valence-corrected chi connectivity index (χ0v) is 13.7. The van der Waals surface area contributed by atoms with Crippen LogP contribution in [0, 0.1) is 17.8 Å². The van der Waals surface area contributed by atoms with Gasteiger partial charge in [-0.1, -0.05) is 35.5 Å². The molecule has 7 nitrogen and oxygen atoms in total. The van der Waals surface area contributed by atoms with E-state index in [1.807, 2.05) is 30.3 Å². The maximum absolute atomic E-state index is 12.5. The van der Waals surface area contributed by atoms with E-state index in [0.29, 0.717) is 6.54 Å². The summed E-state index contributed by atoms with van der Waals surface area (Å²) in [5.74, 6) is -1.20. The average Bonchev–Trinajstić information content (AvgIpc) is 3.31. The summed E-state index contributed by atoms with van der Waals surface area (Å²) in [6.45, 7) is 0.535. The number of benzene rings is 1. The standard InChI is InChI=1S/C18H20N4O3/c23-17(19-16-13-7-6-12(8-13)15(16)18(24)25)14-10-22(21-20-14)9-11-4-2-1-3-5-11/h1-5,10,12-13,15-16H,6-9H2,(H,19,23)(H,24,25)/t12-,13-,15+,16-/m0/s1. The average molecular weight is 340 g/mol. The minimum atomic E-state index is -0.815. The number of aromatic nitrogens is 3. The molecule has 7 heteroatoms. The monoisotopic (exact) mass is 340 g/mol. The smallest absolute Gasteiger partial charge is 0.308 e. The summed E-state index contributed by atoms with van der Waals surface area (Å²) in [5, 5.41) is 20.3. The summed E-state index contributed by atoms with van der Waals surface area (Å²) in [6.07, 6.45) is 4.43. The molecule has 130 valence electrons. The molecule has 1 amide bonds. The molecule has 1 heterocycles. The molecule has 2 aromatic rings. The van der Waals surface area contributed by atoms with E-state index in [1.54, 1.807) is 10.9 Å². The predicted octanol–water partition coefficient (Wildman–Crippen LogP) is 1.56. The number of nitrogens with zero attached hydrogens (tertiary/aromatic N) is 3. The molecule has 2 saturated carbocycles. The van der Waals surface area contributed by atoms with Crippen LogP contribution in [0.3, 0.4) is 0 Å². The summed E-state index contributed by atoms with van der Waals surface area (Å²) < 4.78 is 1.61. The third kappa shape index (κ3) is 3.01. The fraction of sp³-hybridized carbons (Fsp3) is 0.444. The van der Waals surface area contributed by atoms with Gasteiger partial charge in [-0.05, 0) is 36.7 Å². The van der Waals surface area contributed by atoms with Crippen LogP contribution in [0.25, 0.3) is 0 Å². The minimum Gasteiger partial charge on any atom is -0.481 e. The van der Waals surface area contributed by atoms with Crippen molar-refractivity contribution in [3.05, 3.63) is 47.8 Å². The molecule has 1 aromatic heterocycles. The van der Waals surface area contributed by atoms with Crippen LogP contribution in [0.5, 0.6) is 0 Å². The van der Waals surface area contributed by atoms with E-state index in [9.17, 15) is 14.7 Å². The van der Waals surface area contributed by atoms with Crippen LogP contribution in [0.2, 0.25) is 0 Å². The van der Waals surface area contributed by atoms with Crippen LogP contribution in [0.15, 0.2) is 36.5 Å². The maximum Gasteiger partial charge on any atom is 0.308 e. The first-order valence-electron chi connectivity index (χ1n) is 8.59. The number of hydrogen-bond acceptors (Lipinski definition) is 4. The Morgan fingerprint density at radius 1 is 1.20 bits per heavy atom. The van der Waals surface area contributed by atoms with E-state index < -0.39 is 11.9 Å². The van der Waals surface area contributed by atoms with Gasteiger partial charge in [0.1, 0.15) is 0 Å². The lowest BCUT2D eigenvalue weighted by Crippen LogP contribution is -2.46. The highest BCUT2D eigenvalue weighted by Gasteiger charge is 2.51. The Morgan fingerprint density at radius 3 is 2.72 bits per heavy atom. The second kappa shape index (κ2) is 6.31. The number of fused-ring (bicyclic) bond motifs is 2. The van der Waals surface area contributed by atoms with Crippen LogP contribution in [0.4, 0.5) is 0 Å². The van der Waals surface area contributed by atoms with Crippen molar-refractivity contribution in [3.8, 4) is 0 Å². The van der Waals surface area contributed by atoms with Gasteiger partial charge in [-0.3, -0.25) is 9.59 Å². The van der Waals surface area contributed by atoms with Crippen molar-refractivity contribution >= 4 is 11.9 Å².